The SMILES string of the molecule is O=C(c1ccc2c(c1)OCCO2)N1CCN(CCOc2ccccc2)CC1. The van der Waals surface area contributed by atoms with Crippen molar-refractivity contribution in [3.8, 4) is 17.2 Å². The van der Waals surface area contributed by atoms with Crippen molar-refractivity contribution in [2.45, 2.75) is 0 Å². The van der Waals surface area contributed by atoms with Crippen LogP contribution in [0.15, 0.2) is 48.5 Å². The lowest BCUT2D eigenvalue weighted by molar-refractivity contribution is 0.0619. The summed E-state index contributed by atoms with van der Waals surface area (Å²) in [6.07, 6.45) is 0. The Kier molecular flexibility index (Phi) is 5.44. The van der Waals surface area contributed by atoms with Gasteiger partial charge in [0.1, 0.15) is 25.6 Å². The van der Waals surface area contributed by atoms with E-state index in [-0.39, 0.29) is 5.91 Å². The minimum Gasteiger partial charge on any atom is -0.492 e. The third-order valence-electron chi connectivity index (χ3n) is 4.87. The molecule has 0 unspecified atom stereocenters. The van der Waals surface area contributed by atoms with Gasteiger partial charge in [0.2, 0.25) is 0 Å². The van der Waals surface area contributed by atoms with Crippen LogP contribution in [-0.2, 0) is 0 Å². The van der Waals surface area contributed by atoms with Crippen LogP contribution in [0, 0.1) is 0 Å². The highest BCUT2D eigenvalue weighted by Crippen LogP contribution is 2.31. The van der Waals surface area contributed by atoms with Gasteiger partial charge in [0.05, 0.1) is 0 Å². The average molecular weight is 368 g/mol. The summed E-state index contributed by atoms with van der Waals surface area (Å²) in [5.74, 6) is 2.31. The van der Waals surface area contributed by atoms with Crippen LogP contribution in [0.1, 0.15) is 10.4 Å². The van der Waals surface area contributed by atoms with E-state index < -0.39 is 0 Å². The molecule has 0 aromatic heterocycles. The maximum absolute atomic E-state index is 12.8. The molecule has 4 rings (SSSR count). The van der Waals surface area contributed by atoms with E-state index in [2.05, 4.69) is 4.90 Å². The molecule has 1 amide bonds. The Morgan fingerprint density at radius 3 is 2.44 bits per heavy atom. The van der Waals surface area contributed by atoms with Crippen molar-refractivity contribution >= 4 is 5.91 Å². The van der Waals surface area contributed by atoms with E-state index in [0.717, 1.165) is 38.5 Å². The highest BCUT2D eigenvalue weighted by molar-refractivity contribution is 5.95. The van der Waals surface area contributed by atoms with Gasteiger partial charge in [-0.3, -0.25) is 9.69 Å². The van der Waals surface area contributed by atoms with E-state index in [9.17, 15) is 4.79 Å². The number of hydrogen-bond donors (Lipinski definition) is 0. The molecule has 142 valence electrons. The van der Waals surface area contributed by atoms with E-state index >= 15 is 0 Å². The number of hydrogen-bond acceptors (Lipinski definition) is 5. The lowest BCUT2D eigenvalue weighted by Gasteiger charge is -2.34. The molecule has 27 heavy (non-hydrogen) atoms. The monoisotopic (exact) mass is 368 g/mol. The molecular formula is C21H24N2O4. The molecule has 0 saturated carbocycles. The fourth-order valence-corrected chi connectivity index (χ4v) is 3.34. The molecule has 2 aliphatic heterocycles. The predicted molar refractivity (Wildman–Crippen MR) is 102 cm³/mol. The Bertz CT molecular complexity index is 773. The zero-order valence-corrected chi connectivity index (χ0v) is 15.3. The third kappa shape index (κ3) is 4.34. The van der Waals surface area contributed by atoms with Crippen molar-refractivity contribution in [1.29, 1.82) is 0 Å². The maximum atomic E-state index is 12.8. The summed E-state index contributed by atoms with van der Waals surface area (Å²) in [5, 5.41) is 0. The number of ether oxygens (including phenoxy) is 3. The summed E-state index contributed by atoms with van der Waals surface area (Å²) in [4.78, 5) is 17.0. The topological polar surface area (TPSA) is 51.2 Å². The van der Waals surface area contributed by atoms with Crippen LogP contribution < -0.4 is 14.2 Å². The molecule has 0 bridgehead atoms. The number of para-hydroxylation sites is 1. The first-order valence-corrected chi connectivity index (χ1v) is 9.39. The molecule has 2 aliphatic rings. The van der Waals surface area contributed by atoms with Gasteiger partial charge in [-0.25, -0.2) is 0 Å². The minimum absolute atomic E-state index is 0.0483. The number of carbonyl (C=O) groups is 1. The standard InChI is InChI=1S/C21H24N2O4/c24-21(17-6-7-19-20(16-17)27-15-14-26-19)23-10-8-22(9-11-23)12-13-25-18-4-2-1-3-5-18/h1-7,16H,8-15H2. The molecule has 1 fully saturated rings. The maximum Gasteiger partial charge on any atom is 0.254 e. The molecule has 0 atom stereocenters. The molecule has 2 heterocycles. The van der Waals surface area contributed by atoms with E-state index in [1.165, 1.54) is 0 Å². The van der Waals surface area contributed by atoms with Crippen molar-refractivity contribution in [2.24, 2.45) is 0 Å². The molecule has 6 nitrogen and oxygen atoms in total. The lowest BCUT2D eigenvalue weighted by atomic mass is 10.1. The van der Waals surface area contributed by atoms with E-state index in [1.54, 1.807) is 6.07 Å². The number of nitrogens with zero attached hydrogens (tertiary/aromatic N) is 2. The van der Waals surface area contributed by atoms with Crippen molar-refractivity contribution in [3.63, 3.8) is 0 Å². The third-order valence-corrected chi connectivity index (χ3v) is 4.87. The highest BCUT2D eigenvalue weighted by atomic mass is 16.6. The summed E-state index contributed by atoms with van der Waals surface area (Å²) >= 11 is 0. The van der Waals surface area contributed by atoms with Gasteiger partial charge < -0.3 is 19.1 Å². The van der Waals surface area contributed by atoms with E-state index in [4.69, 9.17) is 14.2 Å². The second kappa shape index (κ2) is 8.31. The smallest absolute Gasteiger partial charge is 0.254 e. The van der Waals surface area contributed by atoms with Crippen molar-refractivity contribution in [1.82, 2.24) is 9.80 Å². The first kappa shape index (κ1) is 17.7. The number of rotatable bonds is 5. The number of carbonyl (C=O) groups excluding carboxylic acids is 1. The van der Waals surface area contributed by atoms with Gasteiger partial charge in [-0.15, -0.1) is 0 Å². The zero-order chi connectivity index (χ0) is 18.5. The normalized spacial score (nSPS) is 16.8. The molecule has 0 radical (unpaired) electrons. The van der Waals surface area contributed by atoms with Crippen LogP contribution in [0.4, 0.5) is 0 Å². The summed E-state index contributed by atoms with van der Waals surface area (Å²) < 4.78 is 16.9. The zero-order valence-electron chi connectivity index (χ0n) is 15.3. The van der Waals surface area contributed by atoms with Gasteiger partial charge in [-0.2, -0.15) is 0 Å². The molecule has 1 saturated heterocycles. The summed E-state index contributed by atoms with van der Waals surface area (Å²) in [7, 11) is 0. The molecular weight excluding hydrogens is 344 g/mol. The fraction of sp³-hybridized carbons (Fsp3) is 0.381. The van der Waals surface area contributed by atoms with Crippen LogP contribution in [0.5, 0.6) is 17.2 Å². The van der Waals surface area contributed by atoms with Crippen molar-refractivity contribution < 1.29 is 19.0 Å². The van der Waals surface area contributed by atoms with E-state index in [1.807, 2.05) is 47.4 Å². The first-order valence-electron chi connectivity index (χ1n) is 9.39. The van der Waals surface area contributed by atoms with Gasteiger partial charge >= 0.3 is 0 Å². The number of benzene rings is 2. The molecule has 6 heteroatoms. The predicted octanol–water partition coefficient (Wildman–Crippen LogP) is 2.29. The molecule has 0 spiro atoms. The van der Waals surface area contributed by atoms with E-state index in [0.29, 0.717) is 36.9 Å². The fourth-order valence-electron chi connectivity index (χ4n) is 3.34. The largest absolute Gasteiger partial charge is 0.492 e. The Hall–Kier alpha value is -2.73. The van der Waals surface area contributed by atoms with Gasteiger partial charge in [0.25, 0.3) is 5.91 Å². The Morgan fingerprint density at radius 1 is 0.926 bits per heavy atom. The summed E-state index contributed by atoms with van der Waals surface area (Å²) in [5.41, 5.74) is 0.653. The summed E-state index contributed by atoms with van der Waals surface area (Å²) in [6.45, 7) is 5.74. The van der Waals surface area contributed by atoms with Crippen LogP contribution in [-0.4, -0.2) is 68.3 Å². The molecule has 0 aliphatic carbocycles. The van der Waals surface area contributed by atoms with Gasteiger partial charge in [-0.05, 0) is 30.3 Å². The van der Waals surface area contributed by atoms with Crippen LogP contribution in [0.25, 0.3) is 0 Å². The van der Waals surface area contributed by atoms with Crippen LogP contribution in [0.3, 0.4) is 0 Å². The lowest BCUT2D eigenvalue weighted by Crippen LogP contribution is -2.49. The number of piperazine rings is 1. The quantitative estimate of drug-likeness (QED) is 0.811. The second-order valence-electron chi connectivity index (χ2n) is 6.65. The van der Waals surface area contributed by atoms with Gasteiger partial charge in [0, 0.05) is 38.3 Å². The Labute approximate surface area is 159 Å². The molecule has 0 N–H and O–H groups in total. The Morgan fingerprint density at radius 2 is 1.67 bits per heavy atom. The second-order valence-corrected chi connectivity index (χ2v) is 6.65. The number of amides is 1. The first-order chi connectivity index (χ1) is 13.3. The van der Waals surface area contributed by atoms with Crippen molar-refractivity contribution in [2.75, 3.05) is 52.5 Å². The summed E-state index contributed by atoms with van der Waals surface area (Å²) in [6, 6.07) is 15.3. The minimum atomic E-state index is 0.0483. The average Bonchev–Trinajstić information content (AvgIpc) is 2.74. The van der Waals surface area contributed by atoms with Gasteiger partial charge in [-0.1, -0.05) is 18.2 Å². The van der Waals surface area contributed by atoms with Crippen LogP contribution in [0.2, 0.25) is 0 Å². The highest BCUT2D eigenvalue weighted by Gasteiger charge is 2.23. The molecule has 2 aromatic carbocycles. The van der Waals surface area contributed by atoms with Gasteiger partial charge in [0.15, 0.2) is 11.5 Å². The number of fused-ring (bicyclic) bond motifs is 1. The molecule has 2 aromatic rings. The Balaban J connectivity index is 1.25. The van der Waals surface area contributed by atoms with Crippen LogP contribution >= 0.6 is 0 Å². The van der Waals surface area contributed by atoms with Crippen molar-refractivity contribution in [3.05, 3.63) is 54.1 Å².